The van der Waals surface area contributed by atoms with Gasteiger partial charge >= 0.3 is 0 Å². The number of aryl methyl sites for hydroxylation is 2. The van der Waals surface area contributed by atoms with Crippen LogP contribution < -0.4 is 9.46 Å². The maximum Gasteiger partial charge on any atom is 0.240 e. The molecule has 0 bridgehead atoms. The van der Waals surface area contributed by atoms with Gasteiger partial charge < -0.3 is 4.74 Å². The number of rotatable bonds is 6. The lowest BCUT2D eigenvalue weighted by Gasteiger charge is -2.11. The molecule has 0 aliphatic heterocycles. The molecule has 2 aromatic carbocycles. The molecule has 0 amide bonds. The molecule has 0 atom stereocenters. The van der Waals surface area contributed by atoms with Crippen molar-refractivity contribution in [3.63, 3.8) is 0 Å². The molecule has 1 N–H and O–H groups in total. The molecule has 0 saturated heterocycles. The lowest BCUT2D eigenvalue weighted by atomic mass is 10.1. The molecule has 0 saturated carbocycles. The Balaban J connectivity index is 1.89. The van der Waals surface area contributed by atoms with Crippen LogP contribution in [0, 0.1) is 19.7 Å². The van der Waals surface area contributed by atoms with Gasteiger partial charge in [0.25, 0.3) is 0 Å². The van der Waals surface area contributed by atoms with Gasteiger partial charge in [-0.2, -0.15) is 0 Å². The van der Waals surface area contributed by atoms with Gasteiger partial charge in [-0.3, -0.25) is 0 Å². The van der Waals surface area contributed by atoms with Crippen LogP contribution in [0.3, 0.4) is 0 Å². The van der Waals surface area contributed by atoms with Crippen molar-refractivity contribution in [2.24, 2.45) is 0 Å². The highest BCUT2D eigenvalue weighted by molar-refractivity contribution is 7.89. The van der Waals surface area contributed by atoms with Gasteiger partial charge in [-0.05, 0) is 49.7 Å². The minimum absolute atomic E-state index is 0.0282. The zero-order valence-corrected chi connectivity index (χ0v) is 13.3. The first kappa shape index (κ1) is 16.5. The highest BCUT2D eigenvalue weighted by Crippen LogP contribution is 2.18. The number of hydrogen-bond acceptors (Lipinski definition) is 3. The summed E-state index contributed by atoms with van der Waals surface area (Å²) in [5.41, 5.74) is 2.14. The quantitative estimate of drug-likeness (QED) is 0.832. The van der Waals surface area contributed by atoms with E-state index in [4.69, 9.17) is 4.74 Å². The first-order valence-corrected chi connectivity index (χ1v) is 8.32. The van der Waals surface area contributed by atoms with Crippen molar-refractivity contribution in [2.45, 2.75) is 18.7 Å². The summed E-state index contributed by atoms with van der Waals surface area (Å²) in [5, 5.41) is 0. The van der Waals surface area contributed by atoms with Crippen molar-refractivity contribution in [2.75, 3.05) is 13.2 Å². The minimum Gasteiger partial charge on any atom is -0.492 e. The van der Waals surface area contributed by atoms with Gasteiger partial charge in [-0.15, -0.1) is 0 Å². The van der Waals surface area contributed by atoms with Crippen LogP contribution in [0.4, 0.5) is 4.39 Å². The Labute approximate surface area is 130 Å². The van der Waals surface area contributed by atoms with E-state index in [9.17, 15) is 12.8 Å². The van der Waals surface area contributed by atoms with Gasteiger partial charge in [0, 0.05) is 6.54 Å². The highest BCUT2D eigenvalue weighted by Gasteiger charge is 2.13. The maximum atomic E-state index is 12.8. The molecule has 2 aromatic rings. The van der Waals surface area contributed by atoms with E-state index in [0.29, 0.717) is 0 Å². The first-order chi connectivity index (χ1) is 10.4. The van der Waals surface area contributed by atoms with E-state index in [1.807, 2.05) is 32.0 Å². The van der Waals surface area contributed by atoms with E-state index in [1.54, 1.807) is 0 Å². The second-order valence-electron chi connectivity index (χ2n) is 4.97. The molecule has 0 aromatic heterocycles. The van der Waals surface area contributed by atoms with Crippen molar-refractivity contribution in [1.82, 2.24) is 4.72 Å². The standard InChI is InChI=1S/C16H18FNO3S/c1-12-3-8-16(13(2)11-12)21-10-9-18-22(19,20)15-6-4-14(17)5-7-15/h3-8,11,18H,9-10H2,1-2H3. The first-order valence-electron chi connectivity index (χ1n) is 6.84. The Bertz CT molecular complexity index is 742. The number of hydrogen-bond donors (Lipinski definition) is 1. The van der Waals surface area contributed by atoms with Crippen molar-refractivity contribution in [3.8, 4) is 5.75 Å². The predicted octanol–water partition coefficient (Wildman–Crippen LogP) is 2.80. The average Bonchev–Trinajstić information content (AvgIpc) is 2.46. The molecular weight excluding hydrogens is 305 g/mol. The van der Waals surface area contributed by atoms with Crippen LogP contribution in [0.2, 0.25) is 0 Å². The Kier molecular flexibility index (Phi) is 5.15. The van der Waals surface area contributed by atoms with Crippen LogP contribution in [0.25, 0.3) is 0 Å². The summed E-state index contributed by atoms with van der Waals surface area (Å²) < 4.78 is 44.7. The summed E-state index contributed by atoms with van der Waals surface area (Å²) in [6, 6.07) is 10.5. The van der Waals surface area contributed by atoms with Crippen LogP contribution in [-0.4, -0.2) is 21.6 Å². The number of nitrogens with one attached hydrogen (secondary N) is 1. The third-order valence-corrected chi connectivity index (χ3v) is 4.58. The van der Waals surface area contributed by atoms with Crippen LogP contribution in [0.1, 0.15) is 11.1 Å². The maximum absolute atomic E-state index is 12.8. The summed E-state index contributed by atoms with van der Waals surface area (Å²) >= 11 is 0. The molecule has 6 heteroatoms. The zero-order valence-electron chi connectivity index (χ0n) is 12.5. The number of benzene rings is 2. The van der Waals surface area contributed by atoms with Crippen LogP contribution in [0.5, 0.6) is 5.75 Å². The Morgan fingerprint density at radius 2 is 1.77 bits per heavy atom. The number of ether oxygens (including phenoxy) is 1. The summed E-state index contributed by atoms with van der Waals surface area (Å²) in [6.07, 6.45) is 0. The van der Waals surface area contributed by atoms with Crippen LogP contribution in [0.15, 0.2) is 47.4 Å². The third kappa shape index (κ3) is 4.29. The Morgan fingerprint density at radius 3 is 2.41 bits per heavy atom. The van der Waals surface area contributed by atoms with Gasteiger partial charge in [0.2, 0.25) is 10.0 Å². The highest BCUT2D eigenvalue weighted by atomic mass is 32.2. The van der Waals surface area contributed by atoms with Crippen molar-refractivity contribution in [1.29, 1.82) is 0 Å². The lowest BCUT2D eigenvalue weighted by molar-refractivity contribution is 0.320. The molecule has 2 rings (SSSR count). The number of sulfonamides is 1. The normalized spacial score (nSPS) is 11.4. The van der Waals surface area contributed by atoms with E-state index >= 15 is 0 Å². The SMILES string of the molecule is Cc1ccc(OCCNS(=O)(=O)c2ccc(F)cc2)c(C)c1. The predicted molar refractivity (Wildman–Crippen MR) is 83.0 cm³/mol. The van der Waals surface area contributed by atoms with Crippen molar-refractivity contribution >= 4 is 10.0 Å². The molecule has 0 aliphatic rings. The third-order valence-electron chi connectivity index (χ3n) is 3.11. The lowest BCUT2D eigenvalue weighted by Crippen LogP contribution is -2.28. The van der Waals surface area contributed by atoms with Gasteiger partial charge in [-0.25, -0.2) is 17.5 Å². The molecular formula is C16H18FNO3S. The van der Waals surface area contributed by atoms with Gasteiger partial charge in [0.15, 0.2) is 0 Å². The fourth-order valence-electron chi connectivity index (χ4n) is 2.00. The minimum atomic E-state index is -3.64. The fourth-order valence-corrected chi connectivity index (χ4v) is 3.01. The van der Waals surface area contributed by atoms with E-state index in [-0.39, 0.29) is 18.0 Å². The van der Waals surface area contributed by atoms with Gasteiger partial charge in [0.1, 0.15) is 18.2 Å². The summed E-state index contributed by atoms with van der Waals surface area (Å²) in [5.74, 6) is 0.253. The smallest absolute Gasteiger partial charge is 0.240 e. The monoisotopic (exact) mass is 323 g/mol. The van der Waals surface area contributed by atoms with E-state index in [2.05, 4.69) is 4.72 Å². The van der Waals surface area contributed by atoms with Crippen molar-refractivity contribution in [3.05, 3.63) is 59.4 Å². The molecule has 4 nitrogen and oxygen atoms in total. The summed E-state index contributed by atoms with van der Waals surface area (Å²) in [7, 11) is -3.64. The molecule has 0 unspecified atom stereocenters. The second-order valence-corrected chi connectivity index (χ2v) is 6.74. The molecule has 0 spiro atoms. The average molecular weight is 323 g/mol. The van der Waals surface area contributed by atoms with E-state index in [0.717, 1.165) is 29.0 Å². The molecule has 0 radical (unpaired) electrons. The van der Waals surface area contributed by atoms with E-state index in [1.165, 1.54) is 12.1 Å². The molecule has 0 fully saturated rings. The molecule has 22 heavy (non-hydrogen) atoms. The second kappa shape index (κ2) is 6.89. The fraction of sp³-hybridized carbons (Fsp3) is 0.250. The van der Waals surface area contributed by atoms with Crippen LogP contribution >= 0.6 is 0 Å². The van der Waals surface area contributed by atoms with Gasteiger partial charge in [-0.1, -0.05) is 17.7 Å². The van der Waals surface area contributed by atoms with Crippen molar-refractivity contribution < 1.29 is 17.5 Å². The molecule has 118 valence electrons. The van der Waals surface area contributed by atoms with Gasteiger partial charge in [0.05, 0.1) is 4.90 Å². The Hall–Kier alpha value is -1.92. The van der Waals surface area contributed by atoms with E-state index < -0.39 is 15.8 Å². The summed E-state index contributed by atoms with van der Waals surface area (Å²) in [4.78, 5) is 0.0282. The molecule has 0 aliphatic carbocycles. The van der Waals surface area contributed by atoms with Crippen LogP contribution in [-0.2, 0) is 10.0 Å². The summed E-state index contributed by atoms with van der Waals surface area (Å²) in [6.45, 7) is 4.27. The topological polar surface area (TPSA) is 55.4 Å². The molecule has 0 heterocycles. The largest absolute Gasteiger partial charge is 0.492 e. The Morgan fingerprint density at radius 1 is 1.09 bits per heavy atom. The number of halogens is 1. The zero-order chi connectivity index (χ0) is 16.2.